The molecule has 0 unspecified atom stereocenters. The number of hydrogen-bond donors (Lipinski definition) is 2. The van der Waals surface area contributed by atoms with E-state index in [1.165, 1.54) is 0 Å². The Kier molecular flexibility index (Phi) is 3.40. The SMILES string of the molecule is NC(=O)C[C@@H](N)c1cc(Cl)c2c(c1)OCCO2. The van der Waals surface area contributed by atoms with Crippen LogP contribution in [-0.2, 0) is 4.79 Å². The van der Waals surface area contributed by atoms with Gasteiger partial charge in [-0.15, -0.1) is 0 Å². The first-order valence-corrected chi connectivity index (χ1v) is 5.58. The molecule has 0 aliphatic carbocycles. The van der Waals surface area contributed by atoms with Crippen LogP contribution in [-0.4, -0.2) is 19.1 Å². The van der Waals surface area contributed by atoms with Gasteiger partial charge in [-0.05, 0) is 17.7 Å². The van der Waals surface area contributed by atoms with Crippen LogP contribution in [0.25, 0.3) is 0 Å². The lowest BCUT2D eigenvalue weighted by molar-refractivity contribution is -0.118. The van der Waals surface area contributed by atoms with E-state index in [0.717, 1.165) is 0 Å². The molecule has 1 amide bonds. The zero-order valence-corrected chi connectivity index (χ0v) is 9.87. The topological polar surface area (TPSA) is 87.6 Å². The zero-order chi connectivity index (χ0) is 12.4. The fourth-order valence-corrected chi connectivity index (χ4v) is 1.95. The van der Waals surface area contributed by atoms with E-state index in [2.05, 4.69) is 0 Å². The second-order valence-electron chi connectivity index (χ2n) is 3.80. The summed E-state index contributed by atoms with van der Waals surface area (Å²) >= 11 is 6.05. The molecule has 0 fully saturated rings. The first kappa shape index (κ1) is 12.0. The van der Waals surface area contributed by atoms with Crippen molar-refractivity contribution in [3.8, 4) is 11.5 Å². The van der Waals surface area contributed by atoms with Crippen molar-refractivity contribution in [3.05, 3.63) is 22.7 Å². The maximum Gasteiger partial charge on any atom is 0.219 e. The third-order valence-electron chi connectivity index (χ3n) is 2.47. The van der Waals surface area contributed by atoms with Gasteiger partial charge in [-0.25, -0.2) is 0 Å². The lowest BCUT2D eigenvalue weighted by Gasteiger charge is -2.21. The Bertz CT molecular complexity index is 451. The van der Waals surface area contributed by atoms with Crippen LogP contribution in [0.15, 0.2) is 12.1 Å². The molecule has 4 N–H and O–H groups in total. The molecule has 0 spiro atoms. The van der Waals surface area contributed by atoms with Gasteiger partial charge >= 0.3 is 0 Å². The molecule has 0 bridgehead atoms. The van der Waals surface area contributed by atoms with Crippen molar-refractivity contribution in [2.24, 2.45) is 11.5 Å². The third kappa shape index (κ3) is 2.62. The second-order valence-corrected chi connectivity index (χ2v) is 4.21. The van der Waals surface area contributed by atoms with Crippen molar-refractivity contribution < 1.29 is 14.3 Å². The molecule has 1 aromatic rings. The van der Waals surface area contributed by atoms with E-state index in [1.807, 2.05) is 0 Å². The van der Waals surface area contributed by atoms with Gasteiger partial charge in [-0.3, -0.25) is 4.79 Å². The van der Waals surface area contributed by atoms with Gasteiger partial charge in [0, 0.05) is 12.5 Å². The molecule has 92 valence electrons. The number of benzene rings is 1. The largest absolute Gasteiger partial charge is 0.486 e. The fraction of sp³-hybridized carbons (Fsp3) is 0.364. The Morgan fingerprint density at radius 3 is 2.82 bits per heavy atom. The van der Waals surface area contributed by atoms with Crippen LogP contribution in [0, 0.1) is 0 Å². The van der Waals surface area contributed by atoms with Crippen molar-refractivity contribution in [1.29, 1.82) is 0 Å². The fourth-order valence-electron chi connectivity index (χ4n) is 1.68. The van der Waals surface area contributed by atoms with Crippen LogP contribution in [0.1, 0.15) is 18.0 Å². The second kappa shape index (κ2) is 4.81. The van der Waals surface area contributed by atoms with Crippen LogP contribution < -0.4 is 20.9 Å². The minimum Gasteiger partial charge on any atom is -0.486 e. The number of primary amides is 1. The molecule has 1 aliphatic rings. The Balaban J connectivity index is 2.30. The summed E-state index contributed by atoms with van der Waals surface area (Å²) in [5.41, 5.74) is 11.6. The summed E-state index contributed by atoms with van der Waals surface area (Å²) in [7, 11) is 0. The van der Waals surface area contributed by atoms with E-state index in [9.17, 15) is 4.79 Å². The van der Waals surface area contributed by atoms with Gasteiger partial charge in [0.2, 0.25) is 5.91 Å². The van der Waals surface area contributed by atoms with Gasteiger partial charge in [-0.1, -0.05) is 11.6 Å². The number of amides is 1. The molecule has 17 heavy (non-hydrogen) atoms. The Morgan fingerprint density at radius 1 is 1.41 bits per heavy atom. The highest BCUT2D eigenvalue weighted by molar-refractivity contribution is 6.32. The van der Waals surface area contributed by atoms with Crippen molar-refractivity contribution in [2.75, 3.05) is 13.2 Å². The highest BCUT2D eigenvalue weighted by atomic mass is 35.5. The number of ether oxygens (including phenoxy) is 2. The first-order valence-electron chi connectivity index (χ1n) is 5.21. The van der Waals surface area contributed by atoms with Crippen molar-refractivity contribution >= 4 is 17.5 Å². The monoisotopic (exact) mass is 256 g/mol. The summed E-state index contributed by atoms with van der Waals surface area (Å²) in [5, 5.41) is 0.428. The lowest BCUT2D eigenvalue weighted by Crippen LogP contribution is -2.21. The van der Waals surface area contributed by atoms with Gasteiger partial charge in [0.05, 0.1) is 5.02 Å². The summed E-state index contributed by atoms with van der Waals surface area (Å²) < 4.78 is 10.8. The van der Waals surface area contributed by atoms with Crippen molar-refractivity contribution in [1.82, 2.24) is 0 Å². The zero-order valence-electron chi connectivity index (χ0n) is 9.11. The quantitative estimate of drug-likeness (QED) is 0.844. The van der Waals surface area contributed by atoms with Crippen molar-refractivity contribution in [2.45, 2.75) is 12.5 Å². The number of nitrogens with two attached hydrogens (primary N) is 2. The molecule has 1 aromatic carbocycles. The summed E-state index contributed by atoms with van der Waals surface area (Å²) in [5.74, 6) is 0.620. The lowest BCUT2D eigenvalue weighted by atomic mass is 10.0. The van der Waals surface area contributed by atoms with E-state index in [-0.39, 0.29) is 6.42 Å². The predicted molar refractivity (Wildman–Crippen MR) is 63.2 cm³/mol. The normalized spacial score (nSPS) is 15.4. The number of fused-ring (bicyclic) bond motifs is 1. The van der Waals surface area contributed by atoms with E-state index in [1.54, 1.807) is 12.1 Å². The van der Waals surface area contributed by atoms with E-state index in [4.69, 9.17) is 32.5 Å². The van der Waals surface area contributed by atoms with Gasteiger partial charge in [0.1, 0.15) is 13.2 Å². The van der Waals surface area contributed by atoms with Crippen molar-refractivity contribution in [3.63, 3.8) is 0 Å². The Morgan fingerprint density at radius 2 is 2.12 bits per heavy atom. The molecule has 1 atom stereocenters. The molecule has 6 heteroatoms. The van der Waals surface area contributed by atoms with Gasteiger partial charge in [0.25, 0.3) is 0 Å². The molecular weight excluding hydrogens is 244 g/mol. The van der Waals surface area contributed by atoms with Crippen LogP contribution >= 0.6 is 11.6 Å². The third-order valence-corrected chi connectivity index (χ3v) is 2.75. The number of carbonyl (C=O) groups is 1. The molecule has 1 heterocycles. The van der Waals surface area contributed by atoms with E-state index < -0.39 is 11.9 Å². The summed E-state index contributed by atoms with van der Waals surface area (Å²) in [4.78, 5) is 10.8. The molecule has 1 aliphatic heterocycles. The minimum absolute atomic E-state index is 0.0654. The average Bonchev–Trinajstić information content (AvgIpc) is 2.28. The number of carbonyl (C=O) groups excluding carboxylic acids is 1. The number of hydrogen-bond acceptors (Lipinski definition) is 4. The summed E-state index contributed by atoms with van der Waals surface area (Å²) in [6.07, 6.45) is 0.0654. The highest BCUT2D eigenvalue weighted by Gasteiger charge is 2.19. The van der Waals surface area contributed by atoms with E-state index in [0.29, 0.717) is 35.3 Å². The molecule has 0 saturated carbocycles. The standard InChI is InChI=1S/C11H13ClN2O3/c12-7-3-6(8(13)5-10(14)15)4-9-11(7)17-2-1-16-9/h3-4,8H,1-2,5,13H2,(H2,14,15)/t8-/m1/s1. The molecule has 2 rings (SSSR count). The maximum absolute atomic E-state index is 10.8. The van der Waals surface area contributed by atoms with Gasteiger partial charge in [-0.2, -0.15) is 0 Å². The highest BCUT2D eigenvalue weighted by Crippen LogP contribution is 2.39. The van der Waals surface area contributed by atoms with Crippen LogP contribution in [0.5, 0.6) is 11.5 Å². The smallest absolute Gasteiger partial charge is 0.219 e. The van der Waals surface area contributed by atoms with E-state index >= 15 is 0 Å². The Labute approximate surface area is 104 Å². The molecule has 0 saturated heterocycles. The number of halogens is 1. The van der Waals surface area contributed by atoms with Gasteiger partial charge in [0.15, 0.2) is 11.5 Å². The first-order chi connectivity index (χ1) is 8.08. The average molecular weight is 257 g/mol. The summed E-state index contributed by atoms with van der Waals surface area (Å²) in [6.45, 7) is 0.942. The van der Waals surface area contributed by atoms with Gasteiger partial charge < -0.3 is 20.9 Å². The molecule has 0 aromatic heterocycles. The molecule has 5 nitrogen and oxygen atoms in total. The Hall–Kier alpha value is -1.46. The number of rotatable bonds is 3. The molecular formula is C11H13ClN2O3. The summed E-state index contributed by atoms with van der Waals surface area (Å²) in [6, 6.07) is 2.91. The maximum atomic E-state index is 10.8. The van der Waals surface area contributed by atoms with Crippen LogP contribution in [0.2, 0.25) is 5.02 Å². The predicted octanol–water partition coefficient (Wildman–Crippen LogP) is 0.986. The minimum atomic E-state index is -0.485. The van der Waals surface area contributed by atoms with Crippen LogP contribution in [0.3, 0.4) is 0 Å². The van der Waals surface area contributed by atoms with Crippen LogP contribution in [0.4, 0.5) is 0 Å². The molecule has 0 radical (unpaired) electrons.